The third-order valence-electron chi connectivity index (χ3n) is 0.778. The Bertz CT molecular complexity index is 170. The summed E-state index contributed by atoms with van der Waals surface area (Å²) < 4.78 is 33.1. The quantitative estimate of drug-likeness (QED) is 0.240. The molecule has 0 radical (unpaired) electrons. The largest absolute Gasteiger partial charge is 1.00 e. The van der Waals surface area contributed by atoms with Crippen LogP contribution in [0, 0.1) is 0 Å². The van der Waals surface area contributed by atoms with Crippen molar-refractivity contribution in [2.24, 2.45) is 0 Å². The normalized spacial score (nSPS) is 18.8. The first-order chi connectivity index (χ1) is 3.58. The van der Waals surface area contributed by atoms with Gasteiger partial charge in [0.15, 0.2) is 0 Å². The van der Waals surface area contributed by atoms with Crippen LogP contribution in [0.25, 0.3) is 0 Å². The molecule has 0 unspecified atom stereocenters. The summed E-state index contributed by atoms with van der Waals surface area (Å²) in [5.74, 6) is 0. The molecule has 0 aromatic heterocycles. The van der Waals surface area contributed by atoms with Gasteiger partial charge in [-0.2, -0.15) is 0 Å². The maximum atomic E-state index is 9.70. The summed E-state index contributed by atoms with van der Waals surface area (Å²) in [5, 5.41) is 0. The van der Waals surface area contributed by atoms with Gasteiger partial charge < -0.3 is 4.55 Å². The van der Waals surface area contributed by atoms with Crippen molar-refractivity contribution in [1.82, 2.24) is 0 Å². The van der Waals surface area contributed by atoms with Gasteiger partial charge in [0.2, 0.25) is 10.4 Å². The van der Waals surface area contributed by atoms with Gasteiger partial charge in [-0.3, -0.25) is 4.18 Å². The molecular weight excluding hydrogens is 155 g/mol. The molecule has 0 N–H and O–H groups in total. The third-order valence-corrected chi connectivity index (χ3v) is 1.29. The van der Waals surface area contributed by atoms with E-state index in [1.54, 1.807) is 0 Å². The molecule has 0 spiro atoms. The van der Waals surface area contributed by atoms with Crippen LogP contribution in [0.2, 0.25) is 0 Å². The summed E-state index contributed by atoms with van der Waals surface area (Å²) in [4.78, 5) is 0. The van der Waals surface area contributed by atoms with Crippen molar-refractivity contribution in [3.05, 3.63) is 0 Å². The van der Waals surface area contributed by atoms with Gasteiger partial charge in [0.1, 0.15) is 0 Å². The molecular formula is C3H5NaO4S. The molecule has 4 nitrogen and oxygen atoms in total. The van der Waals surface area contributed by atoms with Crippen LogP contribution in [-0.2, 0) is 14.6 Å². The van der Waals surface area contributed by atoms with E-state index in [0.717, 1.165) is 0 Å². The average Bonchev–Trinajstić information content (AvgIpc) is 2.12. The molecule has 9 heavy (non-hydrogen) atoms. The Morgan fingerprint density at radius 1 is 1.44 bits per heavy atom. The Hall–Kier alpha value is 0.870. The molecule has 1 aliphatic carbocycles. The maximum Gasteiger partial charge on any atom is 1.00 e. The first-order valence-electron chi connectivity index (χ1n) is 2.22. The molecule has 6 heteroatoms. The smallest absolute Gasteiger partial charge is 0.726 e. The Morgan fingerprint density at radius 2 is 1.89 bits per heavy atom. The van der Waals surface area contributed by atoms with Crippen LogP contribution in [0.15, 0.2) is 0 Å². The first kappa shape index (κ1) is 9.87. The van der Waals surface area contributed by atoms with E-state index in [2.05, 4.69) is 4.18 Å². The van der Waals surface area contributed by atoms with E-state index in [1.165, 1.54) is 0 Å². The van der Waals surface area contributed by atoms with Crippen LogP contribution >= 0.6 is 0 Å². The van der Waals surface area contributed by atoms with Crippen molar-refractivity contribution >= 4 is 10.4 Å². The molecule has 1 aliphatic rings. The van der Waals surface area contributed by atoms with E-state index < -0.39 is 10.4 Å². The van der Waals surface area contributed by atoms with Crippen LogP contribution in [0.3, 0.4) is 0 Å². The third kappa shape index (κ3) is 5.32. The van der Waals surface area contributed by atoms with Gasteiger partial charge in [-0.15, -0.1) is 0 Å². The van der Waals surface area contributed by atoms with Crippen molar-refractivity contribution in [2.45, 2.75) is 18.9 Å². The molecule has 0 aromatic carbocycles. The summed E-state index contributed by atoms with van der Waals surface area (Å²) >= 11 is 0. The number of hydrogen-bond acceptors (Lipinski definition) is 4. The van der Waals surface area contributed by atoms with E-state index in [4.69, 9.17) is 0 Å². The second-order valence-electron chi connectivity index (χ2n) is 1.70. The van der Waals surface area contributed by atoms with Crippen molar-refractivity contribution < 1.29 is 46.7 Å². The first-order valence-corrected chi connectivity index (χ1v) is 3.55. The fourth-order valence-corrected chi connectivity index (χ4v) is 0.857. The van der Waals surface area contributed by atoms with E-state index >= 15 is 0 Å². The van der Waals surface area contributed by atoms with Crippen molar-refractivity contribution in [3.63, 3.8) is 0 Å². The van der Waals surface area contributed by atoms with Gasteiger partial charge in [-0.25, -0.2) is 8.42 Å². The Balaban J connectivity index is 0.000000640. The predicted octanol–water partition coefficient (Wildman–Crippen LogP) is -3.37. The minimum Gasteiger partial charge on any atom is -0.726 e. The average molecular weight is 160 g/mol. The van der Waals surface area contributed by atoms with Gasteiger partial charge in [-0.05, 0) is 12.8 Å². The molecule has 0 bridgehead atoms. The second-order valence-corrected chi connectivity index (χ2v) is 2.71. The number of rotatable bonds is 2. The minimum atomic E-state index is -4.41. The molecule has 0 saturated heterocycles. The van der Waals surface area contributed by atoms with Gasteiger partial charge in [0.25, 0.3) is 0 Å². The molecule has 0 atom stereocenters. The predicted molar refractivity (Wildman–Crippen MR) is 23.8 cm³/mol. The Labute approximate surface area is 75.8 Å². The van der Waals surface area contributed by atoms with E-state index in [-0.39, 0.29) is 35.7 Å². The Morgan fingerprint density at radius 3 is 2.00 bits per heavy atom. The van der Waals surface area contributed by atoms with Gasteiger partial charge in [-0.1, -0.05) is 0 Å². The van der Waals surface area contributed by atoms with Crippen LogP contribution < -0.4 is 29.6 Å². The summed E-state index contributed by atoms with van der Waals surface area (Å²) in [6, 6.07) is 0. The van der Waals surface area contributed by atoms with Crippen LogP contribution in [-0.4, -0.2) is 19.1 Å². The van der Waals surface area contributed by atoms with Crippen molar-refractivity contribution in [2.75, 3.05) is 0 Å². The van der Waals surface area contributed by atoms with Crippen LogP contribution in [0.4, 0.5) is 0 Å². The van der Waals surface area contributed by atoms with Gasteiger partial charge in [0, 0.05) is 0 Å². The topological polar surface area (TPSA) is 66.4 Å². The fraction of sp³-hybridized carbons (Fsp3) is 1.00. The van der Waals surface area contributed by atoms with Crippen molar-refractivity contribution in [3.8, 4) is 0 Å². The minimum absolute atomic E-state index is 0. The zero-order valence-corrected chi connectivity index (χ0v) is 7.85. The molecule has 0 aromatic rings. The number of hydrogen-bond donors (Lipinski definition) is 0. The molecule has 0 amide bonds. The van der Waals surface area contributed by atoms with E-state index in [1.807, 2.05) is 0 Å². The van der Waals surface area contributed by atoms with Crippen LogP contribution in [0.1, 0.15) is 12.8 Å². The molecule has 48 valence electrons. The molecule has 0 aliphatic heterocycles. The molecule has 0 heterocycles. The van der Waals surface area contributed by atoms with Gasteiger partial charge in [0.05, 0.1) is 6.10 Å². The molecule has 1 saturated carbocycles. The summed E-state index contributed by atoms with van der Waals surface area (Å²) in [6.07, 6.45) is 1.08. The SMILES string of the molecule is O=S(=O)([O-])OC1CC1.[Na+]. The monoisotopic (exact) mass is 160 g/mol. The zero-order chi connectivity index (χ0) is 6.20. The van der Waals surface area contributed by atoms with E-state index in [9.17, 15) is 13.0 Å². The Kier molecular flexibility index (Phi) is 3.64. The fourth-order valence-electron chi connectivity index (χ4n) is 0.331. The zero-order valence-electron chi connectivity index (χ0n) is 5.03. The van der Waals surface area contributed by atoms with Crippen molar-refractivity contribution in [1.29, 1.82) is 0 Å². The standard InChI is InChI=1S/C3H6O4S.Na/c4-8(5,6)7-3-1-2-3;/h3H,1-2H2,(H,4,5,6);/q;+1/p-1. The maximum absolute atomic E-state index is 9.70. The van der Waals surface area contributed by atoms with Gasteiger partial charge >= 0.3 is 29.6 Å². The summed E-state index contributed by atoms with van der Waals surface area (Å²) in [5.41, 5.74) is 0. The van der Waals surface area contributed by atoms with Crippen LogP contribution in [0.5, 0.6) is 0 Å². The molecule has 1 fully saturated rings. The van der Waals surface area contributed by atoms with E-state index in [0.29, 0.717) is 12.8 Å². The molecule has 1 rings (SSSR count). The second kappa shape index (κ2) is 3.32. The summed E-state index contributed by atoms with van der Waals surface area (Å²) in [7, 11) is -4.41. The summed E-state index contributed by atoms with van der Waals surface area (Å²) in [6.45, 7) is 0.